The number of imide groups is 1. The number of fused-ring (bicyclic) bond motifs is 3. The molecule has 1 atom stereocenters. The summed E-state index contributed by atoms with van der Waals surface area (Å²) < 4.78 is 14.8. The van der Waals surface area contributed by atoms with Crippen LogP contribution >= 0.6 is 0 Å². The highest BCUT2D eigenvalue weighted by atomic mass is 16.5. The van der Waals surface area contributed by atoms with Gasteiger partial charge in [-0.05, 0) is 55.4 Å². The molecule has 0 radical (unpaired) electrons. The summed E-state index contributed by atoms with van der Waals surface area (Å²) in [7, 11) is 5.45. The number of hydrogen-bond acceptors (Lipinski definition) is 13. The number of nitrogens with one attached hydrogen (secondary N) is 3. The van der Waals surface area contributed by atoms with Crippen LogP contribution in [0.5, 0.6) is 0 Å². The summed E-state index contributed by atoms with van der Waals surface area (Å²) >= 11 is 0. The minimum Gasteiger partial charge on any atom is -0.374 e. The summed E-state index contributed by atoms with van der Waals surface area (Å²) in [5.74, 6) is -3.48. The Labute approximate surface area is 490 Å². The first kappa shape index (κ1) is 62.8. The molecule has 3 heterocycles. The van der Waals surface area contributed by atoms with Crippen molar-refractivity contribution in [3.05, 3.63) is 150 Å². The average Bonchev–Trinajstić information content (AvgIpc) is 1.48. The number of nitrogens with zero attached hydrogens (tertiary/aromatic N) is 8. The number of para-hydroxylation sites is 1. The quantitative estimate of drug-likeness (QED) is 0.0346. The van der Waals surface area contributed by atoms with Crippen LogP contribution in [0.25, 0.3) is 21.9 Å². The van der Waals surface area contributed by atoms with Gasteiger partial charge in [0.15, 0.2) is 5.82 Å². The third kappa shape index (κ3) is 15.6. The van der Waals surface area contributed by atoms with Gasteiger partial charge in [-0.3, -0.25) is 43.3 Å². The highest BCUT2D eigenvalue weighted by Crippen LogP contribution is 2.42. The molecule has 1 aliphatic rings. The summed E-state index contributed by atoms with van der Waals surface area (Å²) in [4.78, 5) is 119. The van der Waals surface area contributed by atoms with Crippen molar-refractivity contribution in [3.8, 4) is 0 Å². The largest absolute Gasteiger partial charge is 0.374 e. The summed E-state index contributed by atoms with van der Waals surface area (Å²) in [6.45, 7) is 10.8. The van der Waals surface area contributed by atoms with E-state index < -0.39 is 103 Å². The molecule has 0 saturated heterocycles. The van der Waals surface area contributed by atoms with Crippen LogP contribution in [0.3, 0.4) is 0 Å². The maximum Gasteiger partial charge on any atom is 0.254 e. The van der Waals surface area contributed by atoms with Gasteiger partial charge in [-0.15, -0.1) is 0 Å². The van der Waals surface area contributed by atoms with Gasteiger partial charge in [-0.1, -0.05) is 130 Å². The van der Waals surface area contributed by atoms with Crippen molar-refractivity contribution in [3.63, 3.8) is 0 Å². The van der Waals surface area contributed by atoms with E-state index in [1.807, 2.05) is 120 Å². The number of rotatable bonds is 27. The lowest BCUT2D eigenvalue weighted by Crippen LogP contribution is -2.52. The molecular formula is C63H77N11O10. The van der Waals surface area contributed by atoms with E-state index >= 15 is 0 Å². The maximum absolute atomic E-state index is 13.9. The molecule has 1 aliphatic heterocycles. The zero-order valence-corrected chi connectivity index (χ0v) is 49.6. The molecule has 0 saturated carbocycles. The Balaban J connectivity index is 0.987. The third-order valence-corrected chi connectivity index (χ3v) is 14.3. The fourth-order valence-electron chi connectivity index (χ4n) is 9.90. The van der Waals surface area contributed by atoms with Crippen molar-refractivity contribution < 1.29 is 47.8 Å². The zero-order valence-electron chi connectivity index (χ0n) is 49.6. The predicted molar refractivity (Wildman–Crippen MR) is 319 cm³/mol. The van der Waals surface area contributed by atoms with Gasteiger partial charge in [0.25, 0.3) is 11.8 Å². The number of aromatic nitrogens is 3. The summed E-state index contributed by atoms with van der Waals surface area (Å²) in [6, 6.07) is 38.0. The lowest BCUT2D eigenvalue weighted by Gasteiger charge is -2.37. The lowest BCUT2D eigenvalue weighted by molar-refractivity contribution is -0.146. The number of ether oxygens (including phenoxy) is 2. The first-order valence-electron chi connectivity index (χ1n) is 27.9. The molecule has 0 fully saturated rings. The molecule has 6 aromatic rings. The first-order chi connectivity index (χ1) is 39.9. The van der Waals surface area contributed by atoms with Crippen LogP contribution in [0.2, 0.25) is 0 Å². The third-order valence-electron chi connectivity index (χ3n) is 14.3. The second kappa shape index (κ2) is 27.5. The highest BCUT2D eigenvalue weighted by molar-refractivity contribution is 6.14. The minimum atomic E-state index is -0.963. The number of amides is 8. The number of carbonyl (C=O) groups is 8. The standard InChI is InChI=1S/C63H77N11O10/c1-11-83-41-49-67-57-58(46-29-21-22-30-47(46)66-59(57)68-63(43-23-15-12-16-24-43,44-25-17-13-18-26-44)45-27-19-14-20-28-45)74(49)42-62(5,6)84-34-33-64-60(82)48(35-61(2,3)4)65-50(75)36-69(7)53(78)37-70(8)54(79)38-71(9)55(80)39-72(10)56(81)40-73-51(76)31-32-52(73)77/h12-32,48H,11,33-42H2,1-10H3,(H,64,82)(H,65,75)(H,66,68)/t48-/m0/s1. The van der Waals surface area contributed by atoms with Crippen molar-refractivity contribution >= 4 is 75.0 Å². The van der Waals surface area contributed by atoms with Crippen LogP contribution in [0.15, 0.2) is 127 Å². The average molecular weight is 1150 g/mol. The topological polar surface area (TPSA) is 238 Å². The van der Waals surface area contributed by atoms with Crippen LogP contribution in [0.1, 0.15) is 70.5 Å². The van der Waals surface area contributed by atoms with Crippen molar-refractivity contribution in [2.75, 3.05) is 86.0 Å². The maximum atomic E-state index is 13.9. The predicted octanol–water partition coefficient (Wildman–Crippen LogP) is 5.12. The summed E-state index contributed by atoms with van der Waals surface area (Å²) in [5, 5.41) is 10.6. The molecule has 8 amide bonds. The number of benzene rings is 4. The minimum absolute atomic E-state index is 0.117. The molecule has 3 N–H and O–H groups in total. The number of carbonyl (C=O) groups excluding carboxylic acids is 8. The molecule has 444 valence electrons. The monoisotopic (exact) mass is 1150 g/mol. The van der Waals surface area contributed by atoms with Gasteiger partial charge in [0.05, 0.1) is 56.0 Å². The number of imidazole rings is 1. The second-order valence-corrected chi connectivity index (χ2v) is 22.8. The van der Waals surface area contributed by atoms with E-state index in [1.54, 1.807) is 0 Å². The van der Waals surface area contributed by atoms with E-state index in [4.69, 9.17) is 19.4 Å². The number of likely N-dealkylation sites (N-methyl/N-ethyl adjacent to an activating group) is 4. The Morgan fingerprint density at radius 3 is 1.63 bits per heavy atom. The zero-order chi connectivity index (χ0) is 60.9. The molecule has 2 aromatic heterocycles. The van der Waals surface area contributed by atoms with Crippen LogP contribution in [0, 0.1) is 5.41 Å². The van der Waals surface area contributed by atoms with Gasteiger partial charge >= 0.3 is 0 Å². The second-order valence-electron chi connectivity index (χ2n) is 22.8. The number of pyridine rings is 1. The van der Waals surface area contributed by atoms with Gasteiger partial charge in [0.2, 0.25) is 35.4 Å². The van der Waals surface area contributed by atoms with Crippen molar-refractivity contribution in [2.45, 2.75) is 78.3 Å². The molecule has 4 aromatic carbocycles. The summed E-state index contributed by atoms with van der Waals surface area (Å²) in [6.07, 6.45) is 2.37. The van der Waals surface area contributed by atoms with Crippen molar-refractivity contribution in [1.82, 2.24) is 49.7 Å². The fraction of sp³-hybridized carbons (Fsp3) is 0.397. The molecule has 84 heavy (non-hydrogen) atoms. The molecule has 7 rings (SSSR count). The first-order valence-corrected chi connectivity index (χ1v) is 27.9. The van der Waals surface area contributed by atoms with Gasteiger partial charge in [-0.2, -0.15) is 0 Å². The molecule has 21 nitrogen and oxygen atoms in total. The van der Waals surface area contributed by atoms with Crippen LogP contribution < -0.4 is 16.0 Å². The SMILES string of the molecule is CCOCc1nc2c(NC(c3ccccc3)(c3ccccc3)c3ccccc3)nc3ccccc3c2n1CC(C)(C)OCCNC(=O)[C@H](CC(C)(C)C)NC(=O)CN(C)C(=O)CN(C)C(=O)CN(C)C(=O)CN(C)C(=O)CN1C(=O)C=CC1=O. The van der Waals surface area contributed by atoms with Crippen LogP contribution in [0.4, 0.5) is 5.82 Å². The van der Waals surface area contributed by atoms with Crippen LogP contribution in [-0.4, -0.2) is 179 Å². The Morgan fingerprint density at radius 2 is 1.12 bits per heavy atom. The summed E-state index contributed by atoms with van der Waals surface area (Å²) in [5.41, 5.74) is 3.20. The van der Waals surface area contributed by atoms with E-state index in [1.165, 1.54) is 28.2 Å². The number of anilines is 1. The molecule has 0 unspecified atom stereocenters. The van der Waals surface area contributed by atoms with Crippen molar-refractivity contribution in [2.24, 2.45) is 5.41 Å². The molecular weight excluding hydrogens is 1070 g/mol. The molecule has 0 bridgehead atoms. The Hall–Kier alpha value is -8.82. The van der Waals surface area contributed by atoms with E-state index in [2.05, 4.69) is 56.9 Å². The van der Waals surface area contributed by atoms with E-state index in [-0.39, 0.29) is 26.2 Å². The highest BCUT2D eigenvalue weighted by Gasteiger charge is 2.39. The molecule has 0 spiro atoms. The Morgan fingerprint density at radius 1 is 0.631 bits per heavy atom. The van der Waals surface area contributed by atoms with Gasteiger partial charge in [-0.25, -0.2) is 9.97 Å². The number of hydrogen-bond donors (Lipinski definition) is 3. The fourth-order valence-corrected chi connectivity index (χ4v) is 9.90. The van der Waals surface area contributed by atoms with E-state index in [0.29, 0.717) is 30.3 Å². The van der Waals surface area contributed by atoms with Gasteiger partial charge in [0, 0.05) is 58.9 Å². The molecule has 0 aliphatic carbocycles. The van der Waals surface area contributed by atoms with E-state index in [9.17, 15) is 38.4 Å². The Bertz CT molecular complexity index is 3270. The smallest absolute Gasteiger partial charge is 0.254 e. The van der Waals surface area contributed by atoms with E-state index in [0.717, 1.165) is 69.8 Å². The van der Waals surface area contributed by atoms with Gasteiger partial charge < -0.3 is 49.6 Å². The van der Waals surface area contributed by atoms with Crippen LogP contribution in [-0.2, 0) is 66.5 Å². The normalized spacial score (nSPS) is 13.0. The Kier molecular flexibility index (Phi) is 20.6. The van der Waals surface area contributed by atoms with Crippen molar-refractivity contribution in [1.29, 1.82) is 0 Å². The molecule has 21 heteroatoms. The lowest BCUT2D eigenvalue weighted by atomic mass is 9.77. The van der Waals surface area contributed by atoms with Gasteiger partial charge in [0.1, 0.15) is 36.1 Å².